The Morgan fingerprint density at radius 1 is 1.33 bits per heavy atom. The van der Waals surface area contributed by atoms with E-state index in [1.54, 1.807) is 6.07 Å². The molecule has 0 aliphatic heterocycles. The number of benzene rings is 1. The third kappa shape index (κ3) is 2.74. The van der Waals surface area contributed by atoms with Crippen LogP contribution in [0.15, 0.2) is 36.5 Å². The minimum absolute atomic E-state index is 0.133. The monoisotopic (exact) mass is 240 g/mol. The molecule has 1 N–H and O–H groups in total. The van der Waals surface area contributed by atoms with Gasteiger partial charge in [-0.15, -0.1) is 0 Å². The SMILES string of the molecule is CCOc1ccccc1Nc1ccnc(C#N)n1. The Balaban J connectivity index is 2.25. The Morgan fingerprint density at radius 2 is 2.17 bits per heavy atom. The van der Waals surface area contributed by atoms with Gasteiger partial charge in [-0.3, -0.25) is 0 Å². The number of aromatic nitrogens is 2. The molecule has 5 heteroatoms. The number of nitrogens with zero attached hydrogens (tertiary/aromatic N) is 3. The van der Waals surface area contributed by atoms with Crippen molar-refractivity contribution in [1.82, 2.24) is 9.97 Å². The molecule has 18 heavy (non-hydrogen) atoms. The smallest absolute Gasteiger partial charge is 0.234 e. The maximum atomic E-state index is 8.74. The van der Waals surface area contributed by atoms with Crippen LogP contribution in [0.2, 0.25) is 0 Å². The number of hydrogen-bond acceptors (Lipinski definition) is 5. The van der Waals surface area contributed by atoms with Crippen LogP contribution in [0, 0.1) is 11.3 Å². The molecule has 0 saturated carbocycles. The Hall–Kier alpha value is -2.61. The van der Waals surface area contributed by atoms with E-state index in [0.29, 0.717) is 12.4 Å². The topological polar surface area (TPSA) is 70.8 Å². The van der Waals surface area contributed by atoms with Crippen LogP contribution in [-0.4, -0.2) is 16.6 Å². The van der Waals surface area contributed by atoms with E-state index in [1.165, 1.54) is 6.20 Å². The molecule has 0 aliphatic carbocycles. The van der Waals surface area contributed by atoms with Gasteiger partial charge < -0.3 is 10.1 Å². The molecule has 2 aromatic rings. The molecular formula is C13H12N4O. The van der Waals surface area contributed by atoms with Crippen molar-refractivity contribution < 1.29 is 4.74 Å². The largest absolute Gasteiger partial charge is 0.492 e. The normalized spacial score (nSPS) is 9.56. The average Bonchev–Trinajstić information content (AvgIpc) is 2.41. The van der Waals surface area contributed by atoms with Crippen LogP contribution < -0.4 is 10.1 Å². The lowest BCUT2D eigenvalue weighted by atomic mass is 10.3. The summed E-state index contributed by atoms with van der Waals surface area (Å²) >= 11 is 0. The summed E-state index contributed by atoms with van der Waals surface area (Å²) in [6, 6.07) is 11.2. The second-order valence-electron chi connectivity index (χ2n) is 3.43. The van der Waals surface area contributed by atoms with Crippen LogP contribution in [-0.2, 0) is 0 Å². The summed E-state index contributed by atoms with van der Waals surface area (Å²) in [7, 11) is 0. The lowest BCUT2D eigenvalue weighted by Gasteiger charge is -2.11. The zero-order valence-corrected chi connectivity index (χ0v) is 9.92. The molecule has 1 aromatic heterocycles. The highest BCUT2D eigenvalue weighted by molar-refractivity contribution is 5.63. The van der Waals surface area contributed by atoms with Gasteiger partial charge in [0.15, 0.2) is 0 Å². The molecule has 5 nitrogen and oxygen atoms in total. The Kier molecular flexibility index (Phi) is 3.72. The number of nitrogens with one attached hydrogen (secondary N) is 1. The van der Waals surface area contributed by atoms with Gasteiger partial charge in [-0.05, 0) is 25.1 Å². The Morgan fingerprint density at radius 3 is 2.94 bits per heavy atom. The number of rotatable bonds is 4. The van der Waals surface area contributed by atoms with E-state index in [4.69, 9.17) is 10.00 Å². The standard InChI is InChI=1S/C13H12N4O/c1-2-18-11-6-4-3-5-10(11)16-12-7-8-15-13(9-14)17-12/h3-8H,2H2,1H3,(H,15,16,17). The van der Waals surface area contributed by atoms with E-state index >= 15 is 0 Å². The number of hydrogen-bond donors (Lipinski definition) is 1. The van der Waals surface area contributed by atoms with Gasteiger partial charge in [0, 0.05) is 6.20 Å². The number of para-hydroxylation sites is 2. The van der Waals surface area contributed by atoms with Crippen molar-refractivity contribution in [3.63, 3.8) is 0 Å². The van der Waals surface area contributed by atoms with Crippen molar-refractivity contribution in [3.8, 4) is 11.8 Å². The predicted octanol–water partition coefficient (Wildman–Crippen LogP) is 2.49. The van der Waals surface area contributed by atoms with E-state index in [0.717, 1.165) is 11.4 Å². The lowest BCUT2D eigenvalue weighted by Crippen LogP contribution is -2.00. The van der Waals surface area contributed by atoms with Crippen LogP contribution in [0.4, 0.5) is 11.5 Å². The van der Waals surface area contributed by atoms with Crippen LogP contribution >= 0.6 is 0 Å². The fraction of sp³-hybridized carbons (Fsp3) is 0.154. The molecule has 90 valence electrons. The minimum Gasteiger partial charge on any atom is -0.492 e. The first-order valence-electron chi connectivity index (χ1n) is 5.55. The second-order valence-corrected chi connectivity index (χ2v) is 3.43. The maximum Gasteiger partial charge on any atom is 0.234 e. The molecule has 0 amide bonds. The molecule has 0 aliphatic rings. The molecule has 0 atom stereocenters. The van der Waals surface area contributed by atoms with Gasteiger partial charge in [0.1, 0.15) is 17.6 Å². The Labute approximate surface area is 105 Å². The molecule has 2 rings (SSSR count). The fourth-order valence-electron chi connectivity index (χ4n) is 1.47. The number of anilines is 2. The highest BCUT2D eigenvalue weighted by Gasteiger charge is 2.04. The third-order valence-corrected chi connectivity index (χ3v) is 2.21. The van der Waals surface area contributed by atoms with Gasteiger partial charge in [-0.25, -0.2) is 9.97 Å². The number of nitriles is 1. The molecule has 0 fully saturated rings. The van der Waals surface area contributed by atoms with Crippen molar-refractivity contribution in [2.24, 2.45) is 0 Å². The van der Waals surface area contributed by atoms with Crippen LogP contribution in [0.3, 0.4) is 0 Å². The quantitative estimate of drug-likeness (QED) is 0.889. The van der Waals surface area contributed by atoms with Crippen LogP contribution in [0.25, 0.3) is 0 Å². The molecule has 1 aromatic carbocycles. The van der Waals surface area contributed by atoms with Crippen molar-refractivity contribution in [2.45, 2.75) is 6.92 Å². The van der Waals surface area contributed by atoms with Gasteiger partial charge >= 0.3 is 0 Å². The van der Waals surface area contributed by atoms with Crippen molar-refractivity contribution in [3.05, 3.63) is 42.4 Å². The van der Waals surface area contributed by atoms with E-state index in [-0.39, 0.29) is 5.82 Å². The van der Waals surface area contributed by atoms with Crippen molar-refractivity contribution >= 4 is 11.5 Å². The molecule has 0 saturated heterocycles. The number of ether oxygens (including phenoxy) is 1. The van der Waals surface area contributed by atoms with E-state index in [9.17, 15) is 0 Å². The zero-order valence-electron chi connectivity index (χ0n) is 9.92. The molecular weight excluding hydrogens is 228 g/mol. The Bertz CT molecular complexity index is 577. The van der Waals surface area contributed by atoms with Crippen LogP contribution in [0.5, 0.6) is 5.75 Å². The first-order valence-corrected chi connectivity index (χ1v) is 5.55. The summed E-state index contributed by atoms with van der Waals surface area (Å²) < 4.78 is 5.49. The summed E-state index contributed by atoms with van der Waals surface area (Å²) in [4.78, 5) is 7.86. The van der Waals surface area contributed by atoms with Crippen molar-refractivity contribution in [2.75, 3.05) is 11.9 Å². The summed E-state index contributed by atoms with van der Waals surface area (Å²) in [6.45, 7) is 2.52. The van der Waals surface area contributed by atoms with Gasteiger partial charge in [0.25, 0.3) is 0 Å². The highest BCUT2D eigenvalue weighted by Crippen LogP contribution is 2.26. The average molecular weight is 240 g/mol. The lowest BCUT2D eigenvalue weighted by molar-refractivity contribution is 0.342. The highest BCUT2D eigenvalue weighted by atomic mass is 16.5. The first-order chi connectivity index (χ1) is 8.83. The van der Waals surface area contributed by atoms with Gasteiger partial charge in [0.2, 0.25) is 5.82 Å². The molecule has 1 heterocycles. The molecule has 0 bridgehead atoms. The van der Waals surface area contributed by atoms with E-state index < -0.39 is 0 Å². The maximum absolute atomic E-state index is 8.74. The molecule has 0 unspecified atom stereocenters. The summed E-state index contributed by atoms with van der Waals surface area (Å²) in [6.07, 6.45) is 1.54. The van der Waals surface area contributed by atoms with Crippen LogP contribution in [0.1, 0.15) is 12.7 Å². The van der Waals surface area contributed by atoms with Crippen molar-refractivity contribution in [1.29, 1.82) is 5.26 Å². The third-order valence-electron chi connectivity index (χ3n) is 2.21. The zero-order chi connectivity index (χ0) is 12.8. The van der Waals surface area contributed by atoms with Gasteiger partial charge in [0.05, 0.1) is 12.3 Å². The minimum atomic E-state index is 0.133. The second kappa shape index (κ2) is 5.64. The first kappa shape index (κ1) is 11.9. The van der Waals surface area contributed by atoms with E-state index in [2.05, 4.69) is 15.3 Å². The van der Waals surface area contributed by atoms with Gasteiger partial charge in [-0.1, -0.05) is 12.1 Å². The fourth-order valence-corrected chi connectivity index (χ4v) is 1.47. The van der Waals surface area contributed by atoms with E-state index in [1.807, 2.05) is 37.3 Å². The summed E-state index contributed by atoms with van der Waals surface area (Å²) in [5, 5.41) is 11.8. The molecule has 0 radical (unpaired) electrons. The summed E-state index contributed by atoms with van der Waals surface area (Å²) in [5.74, 6) is 1.44. The van der Waals surface area contributed by atoms with Gasteiger partial charge in [-0.2, -0.15) is 5.26 Å². The predicted molar refractivity (Wildman–Crippen MR) is 67.6 cm³/mol. The molecule has 0 spiro atoms. The summed E-state index contributed by atoms with van der Waals surface area (Å²) in [5.41, 5.74) is 0.807.